The van der Waals surface area contributed by atoms with Gasteiger partial charge in [-0.2, -0.15) is 13.2 Å². The molecule has 2 aromatic rings. The molecular weight excluding hydrogens is 255 g/mol. The van der Waals surface area contributed by atoms with Crippen molar-refractivity contribution in [3.05, 3.63) is 53.7 Å². The summed E-state index contributed by atoms with van der Waals surface area (Å²) in [5, 5.41) is 2.83. The van der Waals surface area contributed by atoms with Gasteiger partial charge in [0.2, 0.25) is 0 Å². The minimum absolute atomic E-state index is 0.178. The highest BCUT2D eigenvalue weighted by molar-refractivity contribution is 5.43. The van der Waals surface area contributed by atoms with Gasteiger partial charge in [0, 0.05) is 18.4 Å². The fourth-order valence-electron chi connectivity index (χ4n) is 1.60. The van der Waals surface area contributed by atoms with E-state index in [-0.39, 0.29) is 5.82 Å². The summed E-state index contributed by atoms with van der Waals surface area (Å²) in [6, 6.07) is 9.02. The third kappa shape index (κ3) is 3.61. The molecule has 0 aliphatic carbocycles. The van der Waals surface area contributed by atoms with Crippen LogP contribution in [-0.2, 0) is 12.7 Å². The van der Waals surface area contributed by atoms with Crippen LogP contribution in [-0.4, -0.2) is 4.98 Å². The standard InChI is InChI=1S/C13H12F3N3/c14-13(15,16)10-4-5-18-12(7-10)19-8-9-2-1-3-11(17)6-9/h1-7H,8,17H2,(H,18,19). The second-order valence-corrected chi connectivity index (χ2v) is 4.03. The molecular formula is C13H12F3N3. The molecule has 3 nitrogen and oxygen atoms in total. The van der Waals surface area contributed by atoms with Crippen molar-refractivity contribution < 1.29 is 13.2 Å². The highest BCUT2D eigenvalue weighted by Crippen LogP contribution is 2.29. The largest absolute Gasteiger partial charge is 0.416 e. The lowest BCUT2D eigenvalue weighted by Gasteiger charge is -2.10. The van der Waals surface area contributed by atoms with Crippen LogP contribution in [0.3, 0.4) is 0 Å². The number of nitrogens with two attached hydrogens (primary N) is 1. The number of nitrogen functional groups attached to an aromatic ring is 1. The Kier molecular flexibility index (Phi) is 3.59. The average molecular weight is 267 g/mol. The third-order valence-corrected chi connectivity index (χ3v) is 2.51. The molecule has 0 atom stereocenters. The van der Waals surface area contributed by atoms with Crippen LogP contribution in [0.25, 0.3) is 0 Å². The first-order valence-corrected chi connectivity index (χ1v) is 5.57. The zero-order valence-corrected chi connectivity index (χ0v) is 9.91. The van der Waals surface area contributed by atoms with Gasteiger partial charge in [0.1, 0.15) is 5.82 Å². The quantitative estimate of drug-likeness (QED) is 0.839. The van der Waals surface area contributed by atoms with Gasteiger partial charge in [-0.3, -0.25) is 0 Å². The average Bonchev–Trinajstić information content (AvgIpc) is 2.36. The van der Waals surface area contributed by atoms with E-state index in [1.165, 1.54) is 0 Å². The first-order chi connectivity index (χ1) is 8.95. The van der Waals surface area contributed by atoms with E-state index in [1.807, 2.05) is 6.07 Å². The highest BCUT2D eigenvalue weighted by atomic mass is 19.4. The van der Waals surface area contributed by atoms with Crippen molar-refractivity contribution in [1.82, 2.24) is 4.98 Å². The molecule has 3 N–H and O–H groups in total. The summed E-state index contributed by atoms with van der Waals surface area (Å²) in [6.07, 6.45) is -3.24. The van der Waals surface area contributed by atoms with Crippen molar-refractivity contribution in [1.29, 1.82) is 0 Å². The lowest BCUT2D eigenvalue weighted by Crippen LogP contribution is -2.07. The fraction of sp³-hybridized carbons (Fsp3) is 0.154. The monoisotopic (exact) mass is 267 g/mol. The Balaban J connectivity index is 2.08. The molecule has 1 aromatic heterocycles. The van der Waals surface area contributed by atoms with Crippen LogP contribution in [0.2, 0.25) is 0 Å². The first-order valence-electron chi connectivity index (χ1n) is 5.57. The minimum Gasteiger partial charge on any atom is -0.399 e. The van der Waals surface area contributed by atoms with E-state index in [0.29, 0.717) is 12.2 Å². The smallest absolute Gasteiger partial charge is 0.399 e. The van der Waals surface area contributed by atoms with Crippen LogP contribution in [0.1, 0.15) is 11.1 Å². The van der Waals surface area contributed by atoms with Crippen LogP contribution in [0.4, 0.5) is 24.7 Å². The molecule has 2 rings (SSSR count). The Morgan fingerprint density at radius 2 is 1.95 bits per heavy atom. The van der Waals surface area contributed by atoms with E-state index >= 15 is 0 Å². The SMILES string of the molecule is Nc1cccc(CNc2cc(C(F)(F)F)ccn2)c1. The molecule has 0 saturated heterocycles. The van der Waals surface area contributed by atoms with Crippen molar-refractivity contribution in [3.63, 3.8) is 0 Å². The van der Waals surface area contributed by atoms with Gasteiger partial charge >= 0.3 is 6.18 Å². The Labute approximate surface area is 108 Å². The number of aromatic nitrogens is 1. The number of halogens is 3. The molecule has 0 bridgehead atoms. The second kappa shape index (κ2) is 5.17. The Morgan fingerprint density at radius 1 is 1.16 bits per heavy atom. The molecule has 0 fully saturated rings. The number of benzene rings is 1. The van der Waals surface area contributed by atoms with E-state index < -0.39 is 11.7 Å². The maximum Gasteiger partial charge on any atom is 0.416 e. The van der Waals surface area contributed by atoms with E-state index in [1.54, 1.807) is 18.2 Å². The summed E-state index contributed by atoms with van der Waals surface area (Å²) in [7, 11) is 0. The van der Waals surface area contributed by atoms with Crippen molar-refractivity contribution in [2.75, 3.05) is 11.1 Å². The van der Waals surface area contributed by atoms with Crippen molar-refractivity contribution in [2.45, 2.75) is 12.7 Å². The van der Waals surface area contributed by atoms with Crippen LogP contribution in [0.5, 0.6) is 0 Å². The number of alkyl halides is 3. The topological polar surface area (TPSA) is 50.9 Å². The molecule has 0 saturated carbocycles. The molecule has 0 unspecified atom stereocenters. The normalized spacial score (nSPS) is 11.3. The van der Waals surface area contributed by atoms with Gasteiger partial charge in [0.15, 0.2) is 0 Å². The van der Waals surface area contributed by atoms with Gasteiger partial charge in [-0.05, 0) is 29.8 Å². The van der Waals surface area contributed by atoms with E-state index in [4.69, 9.17) is 5.73 Å². The van der Waals surface area contributed by atoms with Crippen LogP contribution >= 0.6 is 0 Å². The zero-order chi connectivity index (χ0) is 13.9. The van der Waals surface area contributed by atoms with E-state index in [9.17, 15) is 13.2 Å². The second-order valence-electron chi connectivity index (χ2n) is 4.03. The summed E-state index contributed by atoms with van der Waals surface area (Å²) in [6.45, 7) is 0.360. The summed E-state index contributed by atoms with van der Waals surface area (Å²) in [5.41, 5.74) is 6.37. The van der Waals surface area contributed by atoms with Gasteiger partial charge in [0.05, 0.1) is 5.56 Å². The Hall–Kier alpha value is -2.24. The number of anilines is 2. The molecule has 0 aliphatic rings. The van der Waals surface area contributed by atoms with Gasteiger partial charge < -0.3 is 11.1 Å². The maximum atomic E-state index is 12.5. The zero-order valence-electron chi connectivity index (χ0n) is 9.91. The van der Waals surface area contributed by atoms with E-state index in [2.05, 4.69) is 10.3 Å². The Morgan fingerprint density at radius 3 is 2.63 bits per heavy atom. The van der Waals surface area contributed by atoms with Crippen molar-refractivity contribution >= 4 is 11.5 Å². The van der Waals surface area contributed by atoms with Crippen molar-refractivity contribution in [3.8, 4) is 0 Å². The van der Waals surface area contributed by atoms with Gasteiger partial charge in [-0.1, -0.05) is 12.1 Å². The third-order valence-electron chi connectivity index (χ3n) is 2.51. The minimum atomic E-state index is -4.36. The lowest BCUT2D eigenvalue weighted by atomic mass is 10.2. The van der Waals surface area contributed by atoms with Crippen LogP contribution < -0.4 is 11.1 Å². The first kappa shape index (κ1) is 13.2. The molecule has 6 heteroatoms. The molecule has 0 spiro atoms. The summed E-state index contributed by atoms with van der Waals surface area (Å²) < 4.78 is 37.5. The molecule has 100 valence electrons. The fourth-order valence-corrected chi connectivity index (χ4v) is 1.60. The van der Waals surface area contributed by atoms with Crippen LogP contribution in [0.15, 0.2) is 42.6 Å². The Bertz CT molecular complexity index is 567. The van der Waals surface area contributed by atoms with E-state index in [0.717, 1.165) is 23.9 Å². The number of hydrogen-bond acceptors (Lipinski definition) is 3. The number of pyridine rings is 1. The molecule has 19 heavy (non-hydrogen) atoms. The van der Waals surface area contributed by atoms with Gasteiger partial charge in [-0.25, -0.2) is 4.98 Å². The molecule has 0 aliphatic heterocycles. The van der Waals surface area contributed by atoms with Crippen LogP contribution in [0, 0.1) is 0 Å². The number of nitrogens with one attached hydrogen (secondary N) is 1. The highest BCUT2D eigenvalue weighted by Gasteiger charge is 2.30. The summed E-state index contributed by atoms with van der Waals surface area (Å²) in [5.74, 6) is 0.178. The molecule has 1 heterocycles. The summed E-state index contributed by atoms with van der Waals surface area (Å²) in [4.78, 5) is 3.85. The van der Waals surface area contributed by atoms with Crippen molar-refractivity contribution in [2.24, 2.45) is 0 Å². The molecule has 1 aromatic carbocycles. The van der Waals surface area contributed by atoms with Gasteiger partial charge in [0.25, 0.3) is 0 Å². The number of hydrogen-bond donors (Lipinski definition) is 2. The number of nitrogens with zero attached hydrogens (tertiary/aromatic N) is 1. The molecule has 0 radical (unpaired) electrons. The number of rotatable bonds is 3. The predicted molar refractivity (Wildman–Crippen MR) is 67.4 cm³/mol. The lowest BCUT2D eigenvalue weighted by molar-refractivity contribution is -0.137. The predicted octanol–water partition coefficient (Wildman–Crippen LogP) is 3.29. The maximum absolute atomic E-state index is 12.5. The molecule has 0 amide bonds. The van der Waals surface area contributed by atoms with Gasteiger partial charge in [-0.15, -0.1) is 0 Å². The summed E-state index contributed by atoms with van der Waals surface area (Å²) >= 11 is 0.